The van der Waals surface area contributed by atoms with Gasteiger partial charge in [0.05, 0.1) is 41.0 Å². The average molecular weight is 554 g/mol. The second kappa shape index (κ2) is 9.57. The van der Waals surface area contributed by atoms with Gasteiger partial charge in [-0.25, -0.2) is 9.67 Å². The zero-order valence-electron chi connectivity index (χ0n) is 20.3. The number of nitrogens with zero attached hydrogens (tertiary/aromatic N) is 5. The molecule has 1 amide bonds. The molecule has 13 heteroatoms. The molecule has 0 spiro atoms. The lowest BCUT2D eigenvalue weighted by Gasteiger charge is -2.16. The highest BCUT2D eigenvalue weighted by Crippen LogP contribution is 2.39. The molecule has 0 aliphatic rings. The van der Waals surface area contributed by atoms with Gasteiger partial charge in [-0.15, -0.1) is 0 Å². The van der Waals surface area contributed by atoms with Crippen LogP contribution >= 0.6 is 0 Å². The zero-order chi connectivity index (χ0) is 28.8. The Morgan fingerprint density at radius 3 is 2.38 bits per heavy atom. The number of amides is 1. The summed E-state index contributed by atoms with van der Waals surface area (Å²) >= 11 is 0. The van der Waals surface area contributed by atoms with Crippen LogP contribution < -0.4 is 5.32 Å². The van der Waals surface area contributed by atoms with Crippen molar-refractivity contribution in [1.29, 1.82) is 5.26 Å². The minimum Gasteiger partial charge on any atom is -0.304 e. The Kier molecular flexibility index (Phi) is 6.33. The number of nitrogens with one attached hydrogen (secondary N) is 1. The number of nitriles is 1. The highest BCUT2D eigenvalue weighted by molar-refractivity contribution is 5.95. The Balaban J connectivity index is 1.74. The second-order valence-electron chi connectivity index (χ2n) is 8.72. The summed E-state index contributed by atoms with van der Waals surface area (Å²) < 4.78 is 82.2. The van der Waals surface area contributed by atoms with E-state index in [2.05, 4.69) is 10.1 Å². The summed E-state index contributed by atoms with van der Waals surface area (Å²) in [5.74, 6) is -2.68. The molecule has 3 heterocycles. The maximum absolute atomic E-state index is 13.5. The van der Waals surface area contributed by atoms with Crippen LogP contribution in [0.5, 0.6) is 0 Å². The SMILES string of the molecule is Cc1c(-c2ccnn2-c2ccc(C#N)cc2)cn2cc(NC(=O)C(F)(F)F)nc2c1-c1cccc(C(F)(F)F)c1. The molecule has 202 valence electrons. The number of rotatable bonds is 4. The van der Waals surface area contributed by atoms with Gasteiger partial charge in [0.25, 0.3) is 0 Å². The molecule has 3 aromatic heterocycles. The largest absolute Gasteiger partial charge is 0.471 e. The number of carbonyl (C=O) groups excluding carboxylic acids is 1. The lowest BCUT2D eigenvalue weighted by Crippen LogP contribution is -2.30. The number of hydrogen-bond donors (Lipinski definition) is 1. The standard InChI is InChI=1S/C27H16F6N6O/c1-15-20(21-9-10-35-39(21)19-7-5-16(12-34)6-8-19)13-38-14-22(37-25(40)27(31,32)33)36-24(38)23(15)17-3-2-4-18(11-17)26(28,29)30/h2-11,13-14H,1H3,(H,37,40). The number of halogens is 6. The third-order valence-corrected chi connectivity index (χ3v) is 6.14. The average Bonchev–Trinajstić information content (AvgIpc) is 3.54. The number of aromatic nitrogens is 4. The molecule has 0 aliphatic heterocycles. The fraction of sp³-hybridized carbons (Fsp3) is 0.111. The lowest BCUT2D eigenvalue weighted by molar-refractivity contribution is -0.167. The van der Waals surface area contributed by atoms with Gasteiger partial charge in [0, 0.05) is 17.3 Å². The summed E-state index contributed by atoms with van der Waals surface area (Å²) in [6.45, 7) is 1.64. The van der Waals surface area contributed by atoms with Crippen molar-refractivity contribution in [1.82, 2.24) is 19.2 Å². The van der Waals surface area contributed by atoms with Gasteiger partial charge in [-0.1, -0.05) is 12.1 Å². The molecular weight excluding hydrogens is 538 g/mol. The van der Waals surface area contributed by atoms with Gasteiger partial charge < -0.3 is 9.72 Å². The molecule has 5 aromatic rings. The maximum atomic E-state index is 13.5. The Labute approximate surface area is 221 Å². The van der Waals surface area contributed by atoms with Crippen molar-refractivity contribution in [2.75, 3.05) is 5.32 Å². The number of alkyl halides is 6. The number of anilines is 1. The molecule has 40 heavy (non-hydrogen) atoms. The topological polar surface area (TPSA) is 88.0 Å². The van der Waals surface area contributed by atoms with Gasteiger partial charge in [-0.05, 0) is 60.5 Å². The van der Waals surface area contributed by atoms with E-state index in [-0.39, 0.29) is 16.8 Å². The van der Waals surface area contributed by atoms with E-state index in [4.69, 9.17) is 5.26 Å². The van der Waals surface area contributed by atoms with E-state index in [9.17, 15) is 31.1 Å². The summed E-state index contributed by atoms with van der Waals surface area (Å²) in [4.78, 5) is 15.7. The summed E-state index contributed by atoms with van der Waals surface area (Å²) in [5.41, 5.74) is 1.89. The molecule has 5 rings (SSSR count). The fourth-order valence-electron chi connectivity index (χ4n) is 4.31. The fourth-order valence-corrected chi connectivity index (χ4v) is 4.31. The van der Waals surface area contributed by atoms with Crippen LogP contribution in [0, 0.1) is 18.3 Å². The van der Waals surface area contributed by atoms with E-state index in [1.54, 1.807) is 47.3 Å². The van der Waals surface area contributed by atoms with Crippen molar-refractivity contribution in [2.45, 2.75) is 19.3 Å². The van der Waals surface area contributed by atoms with E-state index in [1.165, 1.54) is 28.9 Å². The van der Waals surface area contributed by atoms with Crippen LogP contribution in [0.2, 0.25) is 0 Å². The Morgan fingerprint density at radius 1 is 1.00 bits per heavy atom. The van der Waals surface area contributed by atoms with Gasteiger partial charge in [0.2, 0.25) is 0 Å². The monoisotopic (exact) mass is 554 g/mol. The first-order valence-corrected chi connectivity index (χ1v) is 11.5. The van der Waals surface area contributed by atoms with Crippen LogP contribution in [0.3, 0.4) is 0 Å². The van der Waals surface area contributed by atoms with Gasteiger partial charge in [0.15, 0.2) is 5.82 Å². The molecule has 0 unspecified atom stereocenters. The first kappa shape index (κ1) is 26.5. The van der Waals surface area contributed by atoms with Crippen LogP contribution in [0.15, 0.2) is 73.2 Å². The Morgan fingerprint density at radius 2 is 1.73 bits per heavy atom. The predicted octanol–water partition coefficient (Wildman–Crippen LogP) is 6.55. The van der Waals surface area contributed by atoms with Gasteiger partial charge in [-0.2, -0.15) is 36.7 Å². The van der Waals surface area contributed by atoms with Crippen LogP contribution in [0.4, 0.5) is 32.2 Å². The summed E-state index contributed by atoms with van der Waals surface area (Å²) in [7, 11) is 0. The van der Waals surface area contributed by atoms with Crippen LogP contribution in [0.1, 0.15) is 16.7 Å². The molecule has 7 nitrogen and oxygen atoms in total. The summed E-state index contributed by atoms with van der Waals surface area (Å²) in [5, 5.41) is 15.1. The van der Waals surface area contributed by atoms with E-state index in [1.807, 2.05) is 6.07 Å². The number of carbonyl (C=O) groups is 1. The second-order valence-corrected chi connectivity index (χ2v) is 8.72. The molecular formula is C27H16F6N6O. The van der Waals surface area contributed by atoms with Crippen molar-refractivity contribution >= 4 is 17.4 Å². The van der Waals surface area contributed by atoms with Crippen molar-refractivity contribution in [3.8, 4) is 34.1 Å². The van der Waals surface area contributed by atoms with Gasteiger partial charge in [-0.3, -0.25) is 4.79 Å². The van der Waals surface area contributed by atoms with Crippen molar-refractivity contribution in [2.24, 2.45) is 0 Å². The first-order valence-electron chi connectivity index (χ1n) is 11.5. The number of benzene rings is 2. The molecule has 2 aromatic carbocycles. The zero-order valence-corrected chi connectivity index (χ0v) is 20.3. The minimum atomic E-state index is -5.17. The maximum Gasteiger partial charge on any atom is 0.471 e. The third-order valence-electron chi connectivity index (χ3n) is 6.14. The molecule has 0 fully saturated rings. The molecule has 0 radical (unpaired) electrons. The highest BCUT2D eigenvalue weighted by Gasteiger charge is 2.39. The smallest absolute Gasteiger partial charge is 0.304 e. The van der Waals surface area contributed by atoms with E-state index < -0.39 is 29.6 Å². The number of imidazole rings is 1. The molecule has 1 N–H and O–H groups in total. The van der Waals surface area contributed by atoms with Gasteiger partial charge in [0.1, 0.15) is 5.65 Å². The van der Waals surface area contributed by atoms with E-state index in [0.29, 0.717) is 28.1 Å². The Hall–Kier alpha value is -5.12. The van der Waals surface area contributed by atoms with Crippen molar-refractivity contribution in [3.05, 3.63) is 89.9 Å². The Bertz CT molecular complexity index is 1790. The molecule has 0 bridgehead atoms. The molecule has 0 saturated carbocycles. The first-order chi connectivity index (χ1) is 18.9. The highest BCUT2D eigenvalue weighted by atomic mass is 19.4. The summed E-state index contributed by atoms with van der Waals surface area (Å²) in [6, 6.07) is 14.7. The van der Waals surface area contributed by atoms with Gasteiger partial charge >= 0.3 is 18.3 Å². The number of hydrogen-bond acceptors (Lipinski definition) is 4. The van der Waals surface area contributed by atoms with E-state index in [0.717, 1.165) is 18.3 Å². The normalized spacial score (nSPS) is 11.9. The molecule has 0 saturated heterocycles. The van der Waals surface area contributed by atoms with Crippen LogP contribution in [0.25, 0.3) is 33.7 Å². The lowest BCUT2D eigenvalue weighted by atomic mass is 9.95. The van der Waals surface area contributed by atoms with Crippen LogP contribution in [-0.4, -0.2) is 31.2 Å². The van der Waals surface area contributed by atoms with Crippen LogP contribution in [-0.2, 0) is 11.0 Å². The number of pyridine rings is 1. The number of fused-ring (bicyclic) bond motifs is 1. The predicted molar refractivity (Wildman–Crippen MR) is 132 cm³/mol. The third kappa shape index (κ3) is 4.86. The van der Waals surface area contributed by atoms with Crippen molar-refractivity contribution in [3.63, 3.8) is 0 Å². The summed E-state index contributed by atoms with van der Waals surface area (Å²) in [6.07, 6.45) is -5.64. The minimum absolute atomic E-state index is 0.0301. The molecule has 0 aliphatic carbocycles. The van der Waals surface area contributed by atoms with E-state index >= 15 is 0 Å². The van der Waals surface area contributed by atoms with Crippen molar-refractivity contribution < 1.29 is 31.1 Å². The quantitative estimate of drug-likeness (QED) is 0.255. The molecule has 0 atom stereocenters.